The molecule has 3 heterocycles. The highest BCUT2D eigenvalue weighted by atomic mass is 19.1. The third kappa shape index (κ3) is 6.23. The molecule has 0 unspecified atom stereocenters. The molecule has 9 nitrogen and oxygen atoms in total. The van der Waals surface area contributed by atoms with Crippen LogP contribution in [0.3, 0.4) is 0 Å². The number of benzene rings is 1. The van der Waals surface area contributed by atoms with E-state index in [1.807, 2.05) is 43.3 Å². The van der Waals surface area contributed by atoms with Crippen molar-refractivity contribution in [2.45, 2.75) is 17.9 Å². The Labute approximate surface area is 239 Å². The molecule has 0 spiro atoms. The normalized spacial score (nSPS) is 13.4. The van der Waals surface area contributed by atoms with E-state index < -0.39 is 17.3 Å². The molecule has 0 amide bonds. The monoisotopic (exact) mass is 562 g/mol. The van der Waals surface area contributed by atoms with E-state index >= 15 is 4.39 Å². The molecule has 0 fully saturated rings. The van der Waals surface area contributed by atoms with Crippen molar-refractivity contribution in [2.75, 3.05) is 49.1 Å². The molecule has 0 aliphatic heterocycles. The van der Waals surface area contributed by atoms with E-state index in [4.69, 9.17) is 18.9 Å². The summed E-state index contributed by atoms with van der Waals surface area (Å²) in [6, 6.07) is 15.5. The van der Waals surface area contributed by atoms with Crippen LogP contribution >= 0.6 is 0 Å². The summed E-state index contributed by atoms with van der Waals surface area (Å²) in [6.07, 6.45) is 3.51. The molecule has 0 aliphatic carbocycles. The van der Waals surface area contributed by atoms with Crippen LogP contribution in [-0.4, -0.2) is 74.0 Å². The Hall–Kier alpha value is -4.28. The van der Waals surface area contributed by atoms with Crippen molar-refractivity contribution in [3.05, 3.63) is 89.5 Å². The van der Waals surface area contributed by atoms with Crippen LogP contribution in [0.15, 0.2) is 67.0 Å². The van der Waals surface area contributed by atoms with Crippen LogP contribution < -0.4 is 18.9 Å². The van der Waals surface area contributed by atoms with Gasteiger partial charge in [-0.2, -0.15) is 4.98 Å². The molecular formula is C31H35FN4O5. The van der Waals surface area contributed by atoms with Crippen molar-refractivity contribution in [3.63, 3.8) is 0 Å². The minimum atomic E-state index is -1.74. The van der Waals surface area contributed by atoms with Gasteiger partial charge in [-0.25, -0.2) is 9.37 Å². The number of halogens is 1. The maximum absolute atomic E-state index is 16.2. The molecule has 1 N–H and O–H groups in total. The Kier molecular flexibility index (Phi) is 9.36. The van der Waals surface area contributed by atoms with Crippen molar-refractivity contribution < 1.29 is 28.4 Å². The minimum Gasteiger partial charge on any atom is -0.494 e. The van der Waals surface area contributed by atoms with E-state index in [1.165, 1.54) is 34.5 Å². The summed E-state index contributed by atoms with van der Waals surface area (Å²) in [5.41, 5.74) is 0.670. The van der Waals surface area contributed by atoms with Crippen molar-refractivity contribution in [1.82, 2.24) is 19.9 Å². The molecular weight excluding hydrogens is 527 g/mol. The van der Waals surface area contributed by atoms with Crippen LogP contribution in [0.2, 0.25) is 0 Å². The number of nitrogens with zero attached hydrogens (tertiary/aromatic N) is 4. The van der Waals surface area contributed by atoms with Gasteiger partial charge >= 0.3 is 0 Å². The fraction of sp³-hybridized carbons (Fsp3) is 0.323. The third-order valence-corrected chi connectivity index (χ3v) is 6.98. The van der Waals surface area contributed by atoms with E-state index in [1.54, 1.807) is 36.7 Å². The fourth-order valence-electron chi connectivity index (χ4n) is 4.90. The number of ether oxygens (including phenoxy) is 4. The van der Waals surface area contributed by atoms with Gasteiger partial charge in [0.15, 0.2) is 11.6 Å². The van der Waals surface area contributed by atoms with E-state index in [0.29, 0.717) is 28.9 Å². The number of pyridine rings is 3. The van der Waals surface area contributed by atoms with Crippen molar-refractivity contribution >= 4 is 0 Å². The van der Waals surface area contributed by atoms with Crippen molar-refractivity contribution in [1.29, 1.82) is 0 Å². The van der Waals surface area contributed by atoms with Crippen molar-refractivity contribution in [2.24, 2.45) is 0 Å². The Balaban J connectivity index is 2.09. The van der Waals surface area contributed by atoms with E-state index in [0.717, 1.165) is 0 Å². The highest BCUT2D eigenvalue weighted by molar-refractivity contribution is 5.62. The van der Waals surface area contributed by atoms with Gasteiger partial charge < -0.3 is 29.0 Å². The number of aliphatic hydroxyl groups is 1. The zero-order chi connectivity index (χ0) is 29.6. The molecule has 0 bridgehead atoms. The Morgan fingerprint density at radius 3 is 2.20 bits per heavy atom. The first-order valence-corrected chi connectivity index (χ1v) is 13.0. The lowest BCUT2D eigenvalue weighted by atomic mass is 9.71. The maximum Gasteiger partial charge on any atom is 0.217 e. The summed E-state index contributed by atoms with van der Waals surface area (Å²) in [7, 11) is 9.65. The predicted molar refractivity (Wildman–Crippen MR) is 153 cm³/mol. The molecule has 216 valence electrons. The van der Waals surface area contributed by atoms with Crippen LogP contribution in [0.5, 0.6) is 23.4 Å². The SMILES string of the molecule is COc1cc([C@@](O)(CCN(C)C)[C@@H](c2cc(-c3ccccn3)cnc2OC)c2cccc(OC)c2F)cc(OC)n1. The lowest BCUT2D eigenvalue weighted by molar-refractivity contribution is 0.00229. The first-order valence-electron chi connectivity index (χ1n) is 13.0. The van der Waals surface area contributed by atoms with Crippen molar-refractivity contribution in [3.8, 4) is 34.6 Å². The molecule has 10 heteroatoms. The van der Waals surface area contributed by atoms with Crippen LogP contribution in [-0.2, 0) is 5.60 Å². The second-order valence-corrected chi connectivity index (χ2v) is 9.75. The van der Waals surface area contributed by atoms with Crippen LogP contribution in [0.1, 0.15) is 29.0 Å². The number of hydrogen-bond acceptors (Lipinski definition) is 9. The van der Waals surface area contributed by atoms with Gasteiger partial charge in [-0.1, -0.05) is 18.2 Å². The maximum atomic E-state index is 16.2. The average molecular weight is 563 g/mol. The summed E-state index contributed by atoms with van der Waals surface area (Å²) in [5.74, 6) is -0.894. The quantitative estimate of drug-likeness (QED) is 0.264. The standard InChI is InChI=1S/C31H35FN4O5/c1-36(2)15-13-31(37,21-17-26(39-4)35-27(18-21)40-5)28(22-10-9-12-25(38-3)29(22)32)23-16-20(19-34-30(23)41-6)24-11-7-8-14-33-24/h7-12,14,16-19,28,37H,13,15H2,1-6H3/t28-,31+/m1/s1. The second-order valence-electron chi connectivity index (χ2n) is 9.75. The molecule has 1 aromatic carbocycles. The molecule has 3 aromatic heterocycles. The summed E-state index contributed by atoms with van der Waals surface area (Å²) >= 11 is 0. The molecule has 0 saturated carbocycles. The lowest BCUT2D eigenvalue weighted by Crippen LogP contribution is -2.38. The summed E-state index contributed by atoms with van der Waals surface area (Å²) < 4.78 is 38.2. The molecule has 4 rings (SSSR count). The van der Waals surface area contributed by atoms with E-state index in [9.17, 15) is 5.11 Å². The largest absolute Gasteiger partial charge is 0.494 e. The van der Waals surface area contributed by atoms with Crippen LogP contribution in [0.25, 0.3) is 11.3 Å². The first-order chi connectivity index (χ1) is 19.7. The fourth-order valence-corrected chi connectivity index (χ4v) is 4.90. The smallest absolute Gasteiger partial charge is 0.217 e. The van der Waals surface area contributed by atoms with Gasteiger partial charge in [-0.15, -0.1) is 0 Å². The molecule has 0 aliphatic rings. The van der Waals surface area contributed by atoms with Gasteiger partial charge in [0, 0.05) is 47.8 Å². The zero-order valence-corrected chi connectivity index (χ0v) is 24.1. The zero-order valence-electron chi connectivity index (χ0n) is 24.1. The second kappa shape index (κ2) is 12.9. The number of methoxy groups -OCH3 is 4. The lowest BCUT2D eigenvalue weighted by Gasteiger charge is -2.39. The topological polar surface area (TPSA) is 99.1 Å². The third-order valence-electron chi connectivity index (χ3n) is 6.98. The highest BCUT2D eigenvalue weighted by Gasteiger charge is 2.44. The first kappa shape index (κ1) is 29.7. The van der Waals surface area contributed by atoms with Crippen LogP contribution in [0.4, 0.5) is 4.39 Å². The highest BCUT2D eigenvalue weighted by Crippen LogP contribution is 2.49. The Bertz CT molecular complexity index is 1450. The predicted octanol–water partition coefficient (Wildman–Crippen LogP) is 4.68. The summed E-state index contributed by atoms with van der Waals surface area (Å²) in [6.45, 7) is 0.460. The van der Waals surface area contributed by atoms with E-state index in [-0.39, 0.29) is 35.4 Å². The average Bonchev–Trinajstić information content (AvgIpc) is 3.01. The molecule has 0 saturated heterocycles. The molecule has 2 atom stereocenters. The number of rotatable bonds is 12. The number of aromatic nitrogens is 3. The minimum absolute atomic E-state index is 0.0418. The van der Waals surface area contributed by atoms with E-state index in [2.05, 4.69) is 15.0 Å². The van der Waals surface area contributed by atoms with Gasteiger partial charge in [0.25, 0.3) is 0 Å². The van der Waals surface area contributed by atoms with Gasteiger partial charge in [0.1, 0.15) is 5.60 Å². The Morgan fingerprint density at radius 2 is 1.61 bits per heavy atom. The van der Waals surface area contributed by atoms with Gasteiger partial charge in [0.05, 0.1) is 40.1 Å². The molecule has 0 radical (unpaired) electrons. The summed E-state index contributed by atoms with van der Waals surface area (Å²) in [5, 5.41) is 12.9. The van der Waals surface area contributed by atoms with Crippen LogP contribution in [0, 0.1) is 5.82 Å². The van der Waals surface area contributed by atoms with Gasteiger partial charge in [-0.05, 0) is 50.3 Å². The number of hydrogen-bond donors (Lipinski definition) is 1. The summed E-state index contributed by atoms with van der Waals surface area (Å²) in [4.78, 5) is 15.3. The molecule has 41 heavy (non-hydrogen) atoms. The van der Waals surface area contributed by atoms with Gasteiger partial charge in [-0.3, -0.25) is 4.98 Å². The Morgan fingerprint density at radius 1 is 0.878 bits per heavy atom. The van der Waals surface area contributed by atoms with Gasteiger partial charge in [0.2, 0.25) is 17.6 Å². The molecule has 4 aromatic rings.